The molecule has 0 unspecified atom stereocenters. The van der Waals surface area contributed by atoms with Gasteiger partial charge in [0.1, 0.15) is 5.52 Å². The quantitative estimate of drug-likeness (QED) is 0.507. The third-order valence-corrected chi connectivity index (χ3v) is 8.19. The van der Waals surface area contributed by atoms with Crippen LogP contribution < -0.4 is 10.6 Å². The highest BCUT2D eigenvalue weighted by atomic mass is 32.1. The van der Waals surface area contributed by atoms with Gasteiger partial charge in [0.25, 0.3) is 0 Å². The Kier molecular flexibility index (Phi) is 7.08. The molecule has 5 heterocycles. The summed E-state index contributed by atoms with van der Waals surface area (Å²) < 4.78 is 13.0. The number of aromatic nitrogens is 5. The standard InChI is InChI=1S/C24H34N8O2S/c1-3-20(31-7-11-34-12-8-31)4-2-18(1)27-22-21-23(35-16-25-21)30-24(29-22)28-19-13-26-32(15-19)14-17-5-9-33-10-6-17/h13,15-18,20H,1-12,14H2,(H2,27,28,29,30). The Labute approximate surface area is 209 Å². The lowest BCUT2D eigenvalue weighted by atomic mass is 9.90. The van der Waals surface area contributed by atoms with Crippen LogP contribution >= 0.6 is 11.3 Å². The summed E-state index contributed by atoms with van der Waals surface area (Å²) in [5.41, 5.74) is 3.60. The normalized spacial score (nSPS) is 24.6. The molecule has 35 heavy (non-hydrogen) atoms. The molecule has 0 radical (unpaired) electrons. The molecule has 188 valence electrons. The predicted molar refractivity (Wildman–Crippen MR) is 136 cm³/mol. The van der Waals surface area contributed by atoms with Crippen molar-refractivity contribution in [3.8, 4) is 0 Å². The maximum absolute atomic E-state index is 5.52. The molecular weight excluding hydrogens is 464 g/mol. The number of nitrogens with one attached hydrogen (secondary N) is 2. The van der Waals surface area contributed by atoms with Gasteiger partial charge in [0, 0.05) is 51.1 Å². The van der Waals surface area contributed by atoms with E-state index >= 15 is 0 Å². The van der Waals surface area contributed by atoms with E-state index in [4.69, 9.17) is 19.4 Å². The SMILES string of the molecule is c1nc2c(NC3CCC(N4CCOCC4)CC3)nc(Nc3cnn(CC4CCOCC4)c3)nc2s1. The van der Waals surface area contributed by atoms with Gasteiger partial charge in [-0.2, -0.15) is 15.1 Å². The predicted octanol–water partition coefficient (Wildman–Crippen LogP) is 3.51. The molecule has 0 amide bonds. The third kappa shape index (κ3) is 5.58. The van der Waals surface area contributed by atoms with E-state index in [0.29, 0.717) is 23.9 Å². The summed E-state index contributed by atoms with van der Waals surface area (Å²) in [6, 6.07) is 1.08. The van der Waals surface area contributed by atoms with Crippen LogP contribution in [0, 0.1) is 5.92 Å². The molecular formula is C24H34N8O2S. The van der Waals surface area contributed by atoms with E-state index in [1.165, 1.54) is 12.8 Å². The summed E-state index contributed by atoms with van der Waals surface area (Å²) in [6.07, 6.45) is 10.8. The van der Waals surface area contributed by atoms with Crippen molar-refractivity contribution in [1.82, 2.24) is 29.6 Å². The van der Waals surface area contributed by atoms with Crippen molar-refractivity contribution < 1.29 is 9.47 Å². The first-order valence-electron chi connectivity index (χ1n) is 12.9. The molecule has 0 spiro atoms. The number of anilines is 3. The maximum Gasteiger partial charge on any atom is 0.230 e. The smallest absolute Gasteiger partial charge is 0.230 e. The van der Waals surface area contributed by atoms with E-state index in [1.807, 2.05) is 22.6 Å². The first-order valence-corrected chi connectivity index (χ1v) is 13.7. The van der Waals surface area contributed by atoms with Gasteiger partial charge >= 0.3 is 0 Å². The Morgan fingerprint density at radius 3 is 2.60 bits per heavy atom. The fourth-order valence-electron chi connectivity index (χ4n) is 5.49. The van der Waals surface area contributed by atoms with Crippen molar-refractivity contribution in [3.63, 3.8) is 0 Å². The highest BCUT2D eigenvalue weighted by Crippen LogP contribution is 2.30. The second kappa shape index (κ2) is 10.7. The Hall–Kier alpha value is -2.34. The number of morpholine rings is 1. The van der Waals surface area contributed by atoms with Gasteiger partial charge in [0.15, 0.2) is 10.6 Å². The first kappa shape index (κ1) is 23.1. The van der Waals surface area contributed by atoms with Crippen molar-refractivity contribution in [2.45, 2.75) is 57.2 Å². The van der Waals surface area contributed by atoms with Gasteiger partial charge in [-0.05, 0) is 44.4 Å². The lowest BCUT2D eigenvalue weighted by Gasteiger charge is -2.39. The number of fused-ring (bicyclic) bond motifs is 1. The third-order valence-electron chi connectivity index (χ3n) is 7.47. The minimum atomic E-state index is 0.405. The molecule has 6 rings (SSSR count). The van der Waals surface area contributed by atoms with E-state index < -0.39 is 0 Å². The monoisotopic (exact) mass is 498 g/mol. The van der Waals surface area contributed by atoms with E-state index in [9.17, 15) is 0 Å². The van der Waals surface area contributed by atoms with Crippen LogP contribution in [0.2, 0.25) is 0 Å². The van der Waals surface area contributed by atoms with Crippen LogP contribution in [0.25, 0.3) is 10.3 Å². The van der Waals surface area contributed by atoms with Crippen LogP contribution in [-0.4, -0.2) is 81.2 Å². The van der Waals surface area contributed by atoms with Gasteiger partial charge in [-0.15, -0.1) is 11.3 Å². The largest absolute Gasteiger partial charge is 0.381 e. The summed E-state index contributed by atoms with van der Waals surface area (Å²) in [6.45, 7) is 6.48. The van der Waals surface area contributed by atoms with Crippen LogP contribution in [0.3, 0.4) is 0 Å². The summed E-state index contributed by atoms with van der Waals surface area (Å²) in [5.74, 6) is 2.02. The molecule has 3 aliphatic rings. The van der Waals surface area contributed by atoms with Gasteiger partial charge in [-0.3, -0.25) is 9.58 Å². The Morgan fingerprint density at radius 2 is 1.77 bits per heavy atom. The van der Waals surface area contributed by atoms with Gasteiger partial charge in [0.2, 0.25) is 5.95 Å². The molecule has 2 aliphatic heterocycles. The molecule has 10 nitrogen and oxygen atoms in total. The minimum Gasteiger partial charge on any atom is -0.381 e. The molecule has 1 saturated carbocycles. The van der Waals surface area contributed by atoms with Crippen molar-refractivity contribution in [2.24, 2.45) is 5.92 Å². The average molecular weight is 499 g/mol. The maximum atomic E-state index is 5.52. The second-order valence-corrected chi connectivity index (χ2v) is 10.7. The Balaban J connectivity index is 1.10. The molecule has 3 aromatic rings. The molecule has 3 fully saturated rings. The molecule has 0 bridgehead atoms. The number of nitrogens with zero attached hydrogens (tertiary/aromatic N) is 6. The average Bonchev–Trinajstić information content (AvgIpc) is 3.55. The van der Waals surface area contributed by atoms with E-state index in [0.717, 1.165) is 93.6 Å². The summed E-state index contributed by atoms with van der Waals surface area (Å²) in [7, 11) is 0. The molecule has 1 aliphatic carbocycles. The van der Waals surface area contributed by atoms with E-state index in [1.54, 1.807) is 11.3 Å². The summed E-state index contributed by atoms with van der Waals surface area (Å²) >= 11 is 1.54. The lowest BCUT2D eigenvalue weighted by Crippen LogP contribution is -2.46. The van der Waals surface area contributed by atoms with Crippen LogP contribution in [-0.2, 0) is 16.0 Å². The molecule has 3 aromatic heterocycles. The molecule has 0 atom stereocenters. The van der Waals surface area contributed by atoms with Crippen molar-refractivity contribution >= 4 is 39.1 Å². The lowest BCUT2D eigenvalue weighted by molar-refractivity contribution is 0.00791. The number of hydrogen-bond acceptors (Lipinski definition) is 10. The fraction of sp³-hybridized carbons (Fsp3) is 0.667. The van der Waals surface area contributed by atoms with Crippen LogP contribution in [0.15, 0.2) is 17.9 Å². The Morgan fingerprint density at radius 1 is 0.971 bits per heavy atom. The molecule has 2 N–H and O–H groups in total. The highest BCUT2D eigenvalue weighted by Gasteiger charge is 2.27. The fourth-order valence-corrected chi connectivity index (χ4v) is 6.15. The Bertz CT molecular complexity index is 1100. The zero-order valence-corrected chi connectivity index (χ0v) is 20.9. The van der Waals surface area contributed by atoms with Crippen molar-refractivity contribution in [1.29, 1.82) is 0 Å². The first-order chi connectivity index (χ1) is 17.3. The number of rotatable bonds is 7. The molecule has 11 heteroatoms. The number of ether oxygens (including phenoxy) is 2. The van der Waals surface area contributed by atoms with Crippen molar-refractivity contribution in [3.05, 3.63) is 17.9 Å². The number of hydrogen-bond donors (Lipinski definition) is 2. The minimum absolute atomic E-state index is 0.405. The second-order valence-electron chi connectivity index (χ2n) is 9.83. The van der Waals surface area contributed by atoms with E-state index in [-0.39, 0.29) is 0 Å². The number of thiazole rings is 1. The zero-order chi connectivity index (χ0) is 23.5. The van der Waals surface area contributed by atoms with Gasteiger partial charge in [-0.25, -0.2) is 4.98 Å². The van der Waals surface area contributed by atoms with Gasteiger partial charge in [0.05, 0.1) is 30.6 Å². The molecule has 2 saturated heterocycles. The highest BCUT2D eigenvalue weighted by molar-refractivity contribution is 7.16. The summed E-state index contributed by atoms with van der Waals surface area (Å²) in [5, 5.41) is 11.6. The summed E-state index contributed by atoms with van der Waals surface area (Å²) in [4.78, 5) is 17.6. The zero-order valence-electron chi connectivity index (χ0n) is 20.1. The van der Waals surface area contributed by atoms with Crippen LogP contribution in [0.5, 0.6) is 0 Å². The topological polar surface area (TPSA) is 102 Å². The van der Waals surface area contributed by atoms with Crippen molar-refractivity contribution in [2.75, 3.05) is 50.2 Å². The van der Waals surface area contributed by atoms with Crippen LogP contribution in [0.1, 0.15) is 38.5 Å². The van der Waals surface area contributed by atoms with Crippen LogP contribution in [0.4, 0.5) is 17.5 Å². The van der Waals surface area contributed by atoms with Gasteiger partial charge in [-0.1, -0.05) is 0 Å². The molecule has 0 aromatic carbocycles. The van der Waals surface area contributed by atoms with E-state index in [2.05, 4.69) is 25.6 Å². The van der Waals surface area contributed by atoms with Gasteiger partial charge < -0.3 is 20.1 Å².